The summed E-state index contributed by atoms with van der Waals surface area (Å²) in [5.41, 5.74) is 2.47. The van der Waals surface area contributed by atoms with E-state index in [0.717, 1.165) is 5.69 Å². The Morgan fingerprint density at radius 3 is 2.71 bits per heavy atom. The van der Waals surface area contributed by atoms with Crippen LogP contribution in [0.1, 0.15) is 41.9 Å². The predicted octanol–water partition coefficient (Wildman–Crippen LogP) is 3.72. The number of ether oxygens (including phenoxy) is 1. The summed E-state index contributed by atoms with van der Waals surface area (Å²) in [6.45, 7) is 0. The molecule has 21 heavy (non-hydrogen) atoms. The highest BCUT2D eigenvalue weighted by molar-refractivity contribution is 7.09. The lowest BCUT2D eigenvalue weighted by Gasteiger charge is -2.40. The van der Waals surface area contributed by atoms with Gasteiger partial charge in [0.1, 0.15) is 5.01 Å². The largest absolute Gasteiger partial charge is 0.469 e. The highest BCUT2D eigenvalue weighted by atomic mass is 32.1. The maximum absolute atomic E-state index is 11.2. The number of methoxy groups -OCH3 is 1. The Morgan fingerprint density at radius 2 is 2.10 bits per heavy atom. The number of nitrogens with zero attached hydrogens (tertiary/aromatic N) is 1. The molecule has 1 aromatic heterocycles. The van der Waals surface area contributed by atoms with Crippen LogP contribution in [0.5, 0.6) is 0 Å². The Bertz CT molecular complexity index is 617. The first kappa shape index (κ1) is 14.3. The van der Waals surface area contributed by atoms with E-state index < -0.39 is 0 Å². The topological polar surface area (TPSA) is 39.2 Å². The van der Waals surface area contributed by atoms with Crippen LogP contribution in [0.15, 0.2) is 35.7 Å². The molecule has 0 N–H and O–H groups in total. The van der Waals surface area contributed by atoms with E-state index in [2.05, 4.69) is 40.4 Å². The van der Waals surface area contributed by atoms with E-state index in [1.807, 2.05) is 0 Å². The van der Waals surface area contributed by atoms with Crippen LogP contribution in [0.3, 0.4) is 0 Å². The SMILES string of the molecule is COC(=O)CCc1csc(C2(c3ccccc3)CCC2)n1. The summed E-state index contributed by atoms with van der Waals surface area (Å²) < 4.78 is 4.68. The second-order valence-electron chi connectivity index (χ2n) is 5.52. The number of benzene rings is 1. The summed E-state index contributed by atoms with van der Waals surface area (Å²) in [6, 6.07) is 10.7. The van der Waals surface area contributed by atoms with Gasteiger partial charge >= 0.3 is 5.97 Å². The molecule has 0 saturated heterocycles. The third-order valence-corrected chi connectivity index (χ3v) is 5.40. The second-order valence-corrected chi connectivity index (χ2v) is 6.38. The maximum atomic E-state index is 11.2. The number of thiazole rings is 1. The van der Waals surface area contributed by atoms with Gasteiger partial charge in [0.25, 0.3) is 0 Å². The molecule has 0 spiro atoms. The number of aromatic nitrogens is 1. The van der Waals surface area contributed by atoms with Crippen LogP contribution in [0.25, 0.3) is 0 Å². The Morgan fingerprint density at radius 1 is 1.33 bits per heavy atom. The summed E-state index contributed by atoms with van der Waals surface area (Å²) in [6.07, 6.45) is 4.65. The highest BCUT2D eigenvalue weighted by Crippen LogP contribution is 2.49. The summed E-state index contributed by atoms with van der Waals surface area (Å²) >= 11 is 1.72. The molecule has 0 unspecified atom stereocenters. The van der Waals surface area contributed by atoms with Crippen LogP contribution in [0.2, 0.25) is 0 Å². The van der Waals surface area contributed by atoms with Crippen LogP contribution in [0.4, 0.5) is 0 Å². The normalized spacial score (nSPS) is 16.2. The summed E-state index contributed by atoms with van der Waals surface area (Å²) in [5, 5.41) is 3.28. The molecule has 1 aliphatic carbocycles. The summed E-state index contributed by atoms with van der Waals surface area (Å²) in [5.74, 6) is -0.175. The standard InChI is InChI=1S/C17H19NO2S/c1-20-15(19)9-8-14-12-21-16(18-14)17(10-5-11-17)13-6-3-2-4-7-13/h2-4,6-7,12H,5,8-11H2,1H3. The molecule has 110 valence electrons. The van der Waals surface area contributed by atoms with Crippen molar-refractivity contribution in [3.05, 3.63) is 52.0 Å². The average molecular weight is 301 g/mol. The van der Waals surface area contributed by atoms with Crippen molar-refractivity contribution in [1.82, 2.24) is 4.98 Å². The van der Waals surface area contributed by atoms with Crippen molar-refractivity contribution in [3.8, 4) is 0 Å². The maximum Gasteiger partial charge on any atom is 0.305 e. The zero-order chi connectivity index (χ0) is 14.7. The molecule has 0 radical (unpaired) electrons. The second kappa shape index (κ2) is 5.98. The van der Waals surface area contributed by atoms with Crippen LogP contribution in [-0.4, -0.2) is 18.1 Å². The summed E-state index contributed by atoms with van der Waals surface area (Å²) in [7, 11) is 1.42. The van der Waals surface area contributed by atoms with E-state index in [1.54, 1.807) is 11.3 Å². The van der Waals surface area contributed by atoms with Gasteiger partial charge in [0.15, 0.2) is 0 Å². The van der Waals surface area contributed by atoms with E-state index in [4.69, 9.17) is 4.98 Å². The van der Waals surface area contributed by atoms with Crippen LogP contribution < -0.4 is 0 Å². The lowest BCUT2D eigenvalue weighted by molar-refractivity contribution is -0.140. The quantitative estimate of drug-likeness (QED) is 0.790. The Hall–Kier alpha value is -1.68. The molecule has 1 fully saturated rings. The van der Waals surface area contributed by atoms with E-state index in [-0.39, 0.29) is 11.4 Å². The third kappa shape index (κ3) is 2.72. The molecule has 1 heterocycles. The molecular formula is C17H19NO2S. The Balaban J connectivity index is 1.80. The zero-order valence-corrected chi connectivity index (χ0v) is 13.0. The molecule has 2 aromatic rings. The first-order chi connectivity index (χ1) is 10.2. The average Bonchev–Trinajstić information content (AvgIpc) is 2.94. The minimum absolute atomic E-state index is 0.107. The van der Waals surface area contributed by atoms with Crippen molar-refractivity contribution < 1.29 is 9.53 Å². The lowest BCUT2D eigenvalue weighted by atomic mass is 9.65. The molecule has 0 amide bonds. The van der Waals surface area contributed by atoms with Crippen molar-refractivity contribution in [1.29, 1.82) is 0 Å². The zero-order valence-electron chi connectivity index (χ0n) is 12.2. The fraction of sp³-hybridized carbons (Fsp3) is 0.412. The Labute approximate surface area is 129 Å². The number of hydrogen-bond donors (Lipinski definition) is 0. The van der Waals surface area contributed by atoms with Gasteiger partial charge in [-0.1, -0.05) is 36.8 Å². The Kier molecular flexibility index (Phi) is 4.06. The van der Waals surface area contributed by atoms with E-state index in [0.29, 0.717) is 12.8 Å². The number of carbonyl (C=O) groups excluding carboxylic acids is 1. The number of rotatable bonds is 5. The van der Waals surface area contributed by atoms with Gasteiger partial charge in [-0.15, -0.1) is 11.3 Å². The van der Waals surface area contributed by atoms with Gasteiger partial charge in [-0.3, -0.25) is 4.79 Å². The van der Waals surface area contributed by atoms with Gasteiger partial charge in [-0.2, -0.15) is 0 Å². The number of esters is 1. The number of hydrogen-bond acceptors (Lipinski definition) is 4. The van der Waals surface area contributed by atoms with Gasteiger partial charge in [0.05, 0.1) is 19.2 Å². The first-order valence-electron chi connectivity index (χ1n) is 7.32. The lowest BCUT2D eigenvalue weighted by Crippen LogP contribution is -2.35. The molecule has 1 saturated carbocycles. The third-order valence-electron chi connectivity index (χ3n) is 4.31. The fourth-order valence-electron chi connectivity index (χ4n) is 2.89. The van der Waals surface area contributed by atoms with Crippen molar-refractivity contribution in [3.63, 3.8) is 0 Å². The molecule has 0 aliphatic heterocycles. The van der Waals surface area contributed by atoms with Gasteiger partial charge < -0.3 is 4.74 Å². The van der Waals surface area contributed by atoms with Gasteiger partial charge in [0, 0.05) is 17.2 Å². The van der Waals surface area contributed by atoms with E-state index in [1.165, 1.54) is 36.9 Å². The molecular weight excluding hydrogens is 282 g/mol. The van der Waals surface area contributed by atoms with E-state index in [9.17, 15) is 4.79 Å². The first-order valence-corrected chi connectivity index (χ1v) is 8.20. The molecule has 0 atom stereocenters. The molecule has 3 rings (SSSR count). The van der Waals surface area contributed by atoms with Crippen molar-refractivity contribution >= 4 is 17.3 Å². The van der Waals surface area contributed by atoms with Crippen molar-refractivity contribution in [2.24, 2.45) is 0 Å². The van der Waals surface area contributed by atoms with Crippen molar-refractivity contribution in [2.45, 2.75) is 37.5 Å². The molecule has 1 aliphatic rings. The molecule has 0 bridgehead atoms. The fourth-order valence-corrected chi connectivity index (χ4v) is 4.02. The molecule has 3 nitrogen and oxygen atoms in total. The van der Waals surface area contributed by atoms with Crippen LogP contribution in [-0.2, 0) is 21.4 Å². The number of aryl methyl sites for hydroxylation is 1. The molecule has 4 heteroatoms. The van der Waals surface area contributed by atoms with Crippen molar-refractivity contribution in [2.75, 3.05) is 7.11 Å². The highest BCUT2D eigenvalue weighted by Gasteiger charge is 2.42. The van der Waals surface area contributed by atoms with Crippen LogP contribution >= 0.6 is 11.3 Å². The smallest absolute Gasteiger partial charge is 0.305 e. The minimum atomic E-state index is -0.175. The van der Waals surface area contributed by atoms with Gasteiger partial charge in [0.2, 0.25) is 0 Å². The van der Waals surface area contributed by atoms with Gasteiger partial charge in [-0.05, 0) is 18.4 Å². The van der Waals surface area contributed by atoms with Crippen LogP contribution in [0, 0.1) is 0 Å². The number of carbonyl (C=O) groups is 1. The predicted molar refractivity (Wildman–Crippen MR) is 83.5 cm³/mol. The minimum Gasteiger partial charge on any atom is -0.469 e. The summed E-state index contributed by atoms with van der Waals surface area (Å²) in [4.78, 5) is 16.0. The molecule has 1 aromatic carbocycles. The van der Waals surface area contributed by atoms with E-state index >= 15 is 0 Å². The van der Waals surface area contributed by atoms with Gasteiger partial charge in [-0.25, -0.2) is 4.98 Å². The monoisotopic (exact) mass is 301 g/mol.